The van der Waals surface area contributed by atoms with Crippen LogP contribution in [-0.4, -0.2) is 26.4 Å². The Morgan fingerprint density at radius 3 is 2.15 bits per heavy atom. The van der Waals surface area contributed by atoms with Gasteiger partial charge in [0.1, 0.15) is 6.04 Å². The fraction of sp³-hybridized carbons (Fsp3) is 0.350. The molecule has 0 bridgehead atoms. The molecule has 0 fully saturated rings. The van der Waals surface area contributed by atoms with Gasteiger partial charge in [-0.15, -0.1) is 0 Å². The molecule has 5 nitrogen and oxygen atoms in total. The van der Waals surface area contributed by atoms with E-state index in [1.165, 1.54) is 12.1 Å². The molecule has 0 aliphatic rings. The first-order valence-electron chi connectivity index (χ1n) is 8.84. The van der Waals surface area contributed by atoms with Gasteiger partial charge in [-0.3, -0.25) is 4.79 Å². The van der Waals surface area contributed by atoms with E-state index in [1.54, 1.807) is 18.2 Å². The molecule has 140 valence electrons. The standard InChI is InChI=1S/C20H26N2O3S/c1-3-10-16(2)21-20(23)19(15-17-11-6-4-7-12-17)22-26(24,25)18-13-8-5-9-14-18/h4-9,11-14,16,19,22H,3,10,15H2,1-2H3,(H,21,23)/t16-,19+/m0/s1. The summed E-state index contributed by atoms with van der Waals surface area (Å²) in [5.74, 6) is -0.311. The van der Waals surface area contributed by atoms with Crippen LogP contribution in [0.1, 0.15) is 32.3 Å². The number of hydrogen-bond acceptors (Lipinski definition) is 3. The SMILES string of the molecule is CCC[C@H](C)NC(=O)[C@@H](Cc1ccccc1)NS(=O)(=O)c1ccccc1. The number of sulfonamides is 1. The molecule has 0 saturated carbocycles. The van der Waals surface area contributed by atoms with E-state index in [2.05, 4.69) is 10.0 Å². The summed E-state index contributed by atoms with van der Waals surface area (Å²) in [6.45, 7) is 3.97. The summed E-state index contributed by atoms with van der Waals surface area (Å²) in [5.41, 5.74) is 0.895. The van der Waals surface area contributed by atoms with Crippen LogP contribution < -0.4 is 10.0 Å². The molecule has 0 aliphatic carbocycles. The number of carbonyl (C=O) groups excluding carboxylic acids is 1. The predicted octanol–water partition coefficient (Wildman–Crippen LogP) is 2.88. The van der Waals surface area contributed by atoms with E-state index < -0.39 is 16.1 Å². The van der Waals surface area contributed by atoms with Gasteiger partial charge in [0.05, 0.1) is 4.90 Å². The first-order chi connectivity index (χ1) is 12.4. The van der Waals surface area contributed by atoms with Crippen LogP contribution in [0.25, 0.3) is 0 Å². The molecule has 0 radical (unpaired) electrons. The highest BCUT2D eigenvalue weighted by molar-refractivity contribution is 7.89. The minimum absolute atomic E-state index is 0.00740. The second-order valence-electron chi connectivity index (χ2n) is 6.37. The zero-order chi connectivity index (χ0) is 19.0. The van der Waals surface area contributed by atoms with Crippen LogP contribution in [-0.2, 0) is 21.2 Å². The Morgan fingerprint density at radius 1 is 1.00 bits per heavy atom. The second kappa shape index (κ2) is 9.50. The molecule has 26 heavy (non-hydrogen) atoms. The third-order valence-corrected chi connectivity index (χ3v) is 5.55. The Balaban J connectivity index is 2.21. The van der Waals surface area contributed by atoms with Crippen molar-refractivity contribution in [3.05, 3.63) is 66.2 Å². The lowest BCUT2D eigenvalue weighted by molar-refractivity contribution is -0.123. The molecule has 2 rings (SSSR count). The Kier molecular flexibility index (Phi) is 7.36. The third-order valence-electron chi connectivity index (χ3n) is 4.06. The molecule has 0 heterocycles. The van der Waals surface area contributed by atoms with Crippen molar-refractivity contribution in [2.45, 2.75) is 50.1 Å². The van der Waals surface area contributed by atoms with E-state index in [-0.39, 0.29) is 23.3 Å². The average molecular weight is 375 g/mol. The number of hydrogen-bond donors (Lipinski definition) is 2. The van der Waals surface area contributed by atoms with Gasteiger partial charge in [-0.1, -0.05) is 61.9 Å². The molecule has 6 heteroatoms. The molecule has 2 atom stereocenters. The van der Waals surface area contributed by atoms with Crippen LogP contribution in [0.15, 0.2) is 65.6 Å². The largest absolute Gasteiger partial charge is 0.352 e. The van der Waals surface area contributed by atoms with Gasteiger partial charge in [-0.2, -0.15) is 4.72 Å². The fourth-order valence-corrected chi connectivity index (χ4v) is 3.96. The number of amides is 1. The summed E-state index contributed by atoms with van der Waals surface area (Å²) in [6, 6.07) is 16.6. The van der Waals surface area contributed by atoms with Crippen molar-refractivity contribution < 1.29 is 13.2 Å². The van der Waals surface area contributed by atoms with Gasteiger partial charge in [0.15, 0.2) is 0 Å². The van der Waals surface area contributed by atoms with Gasteiger partial charge in [0.25, 0.3) is 0 Å². The highest BCUT2D eigenvalue weighted by Gasteiger charge is 2.26. The molecule has 0 saturated heterocycles. The van der Waals surface area contributed by atoms with Crippen LogP contribution in [0.3, 0.4) is 0 Å². The number of carbonyl (C=O) groups is 1. The van der Waals surface area contributed by atoms with E-state index in [0.29, 0.717) is 0 Å². The van der Waals surface area contributed by atoms with Crippen LogP contribution >= 0.6 is 0 Å². The fourth-order valence-electron chi connectivity index (χ4n) is 2.74. The van der Waals surface area contributed by atoms with Crippen molar-refractivity contribution in [2.75, 3.05) is 0 Å². The first-order valence-corrected chi connectivity index (χ1v) is 10.3. The van der Waals surface area contributed by atoms with Crippen LogP contribution in [0.5, 0.6) is 0 Å². The summed E-state index contributed by atoms with van der Waals surface area (Å²) in [4.78, 5) is 12.8. The van der Waals surface area contributed by atoms with Crippen molar-refractivity contribution in [3.63, 3.8) is 0 Å². The lowest BCUT2D eigenvalue weighted by Crippen LogP contribution is -2.50. The monoisotopic (exact) mass is 374 g/mol. The molecule has 0 unspecified atom stereocenters. The van der Waals surface area contributed by atoms with Crippen LogP contribution in [0, 0.1) is 0 Å². The molecular weight excluding hydrogens is 348 g/mol. The zero-order valence-electron chi connectivity index (χ0n) is 15.2. The van der Waals surface area contributed by atoms with Crippen LogP contribution in [0.4, 0.5) is 0 Å². The third kappa shape index (κ3) is 5.97. The van der Waals surface area contributed by atoms with Gasteiger partial charge in [-0.25, -0.2) is 8.42 Å². The van der Waals surface area contributed by atoms with Crippen molar-refractivity contribution in [2.24, 2.45) is 0 Å². The molecular formula is C20H26N2O3S. The highest BCUT2D eigenvalue weighted by atomic mass is 32.2. The van der Waals surface area contributed by atoms with Gasteiger partial charge in [0.2, 0.25) is 15.9 Å². The molecule has 2 aromatic carbocycles. The van der Waals surface area contributed by atoms with E-state index in [4.69, 9.17) is 0 Å². The van der Waals surface area contributed by atoms with Crippen molar-refractivity contribution in [3.8, 4) is 0 Å². The van der Waals surface area contributed by atoms with E-state index in [9.17, 15) is 13.2 Å². The van der Waals surface area contributed by atoms with Gasteiger partial charge >= 0.3 is 0 Å². The smallest absolute Gasteiger partial charge is 0.241 e. The molecule has 0 aliphatic heterocycles. The molecule has 1 amide bonds. The van der Waals surface area contributed by atoms with Gasteiger partial charge in [0, 0.05) is 6.04 Å². The van der Waals surface area contributed by atoms with Crippen molar-refractivity contribution >= 4 is 15.9 Å². The lowest BCUT2D eigenvalue weighted by atomic mass is 10.1. The van der Waals surface area contributed by atoms with Gasteiger partial charge in [-0.05, 0) is 37.5 Å². The number of benzene rings is 2. The summed E-state index contributed by atoms with van der Waals surface area (Å²) < 4.78 is 27.9. The summed E-state index contributed by atoms with van der Waals surface area (Å²) in [5, 5.41) is 2.91. The molecule has 0 aromatic heterocycles. The maximum absolute atomic E-state index is 12.7. The maximum Gasteiger partial charge on any atom is 0.241 e. The summed E-state index contributed by atoms with van der Waals surface area (Å²) in [6.07, 6.45) is 2.08. The second-order valence-corrected chi connectivity index (χ2v) is 8.09. The molecule has 2 N–H and O–H groups in total. The van der Waals surface area contributed by atoms with E-state index >= 15 is 0 Å². The Morgan fingerprint density at radius 2 is 1.58 bits per heavy atom. The minimum Gasteiger partial charge on any atom is -0.352 e. The van der Waals surface area contributed by atoms with Crippen molar-refractivity contribution in [1.29, 1.82) is 0 Å². The molecule has 0 spiro atoms. The van der Waals surface area contributed by atoms with Crippen molar-refractivity contribution in [1.82, 2.24) is 10.0 Å². The van der Waals surface area contributed by atoms with Crippen LogP contribution in [0.2, 0.25) is 0 Å². The number of rotatable bonds is 9. The average Bonchev–Trinajstić information content (AvgIpc) is 2.63. The molecule has 2 aromatic rings. The minimum atomic E-state index is -3.78. The lowest BCUT2D eigenvalue weighted by Gasteiger charge is -2.21. The Hall–Kier alpha value is -2.18. The Labute approximate surface area is 155 Å². The van der Waals surface area contributed by atoms with E-state index in [1.807, 2.05) is 44.2 Å². The quantitative estimate of drug-likeness (QED) is 0.709. The Bertz CT molecular complexity index is 792. The zero-order valence-corrected chi connectivity index (χ0v) is 16.0. The first kappa shape index (κ1) is 20.1. The predicted molar refractivity (Wildman–Crippen MR) is 103 cm³/mol. The van der Waals surface area contributed by atoms with E-state index in [0.717, 1.165) is 18.4 Å². The highest BCUT2D eigenvalue weighted by Crippen LogP contribution is 2.11. The topological polar surface area (TPSA) is 75.3 Å². The normalized spacial score (nSPS) is 13.8. The maximum atomic E-state index is 12.7. The summed E-state index contributed by atoms with van der Waals surface area (Å²) >= 11 is 0. The summed E-state index contributed by atoms with van der Waals surface area (Å²) in [7, 11) is -3.78. The number of nitrogens with one attached hydrogen (secondary N) is 2. The van der Waals surface area contributed by atoms with Gasteiger partial charge < -0.3 is 5.32 Å².